The summed E-state index contributed by atoms with van der Waals surface area (Å²) in [5.41, 5.74) is -0.0893. The summed E-state index contributed by atoms with van der Waals surface area (Å²) in [6.45, 7) is 14.3. The van der Waals surface area contributed by atoms with Crippen molar-refractivity contribution >= 4 is 46.7 Å². The number of aromatic amines is 1. The molecule has 0 spiro atoms. The maximum absolute atomic E-state index is 15.3. The first kappa shape index (κ1) is 48.6. The number of hydrogen-bond acceptors (Lipinski definition) is 8. The lowest BCUT2D eigenvalue weighted by molar-refractivity contribution is -0.141. The van der Waals surface area contributed by atoms with Gasteiger partial charge in [0, 0.05) is 50.2 Å². The van der Waals surface area contributed by atoms with Crippen molar-refractivity contribution in [2.45, 2.75) is 179 Å². The number of carbonyl (C=O) groups excluding carboxylic acids is 6. The minimum atomic E-state index is -0.933. The van der Waals surface area contributed by atoms with Crippen molar-refractivity contribution in [2.24, 2.45) is 11.8 Å². The van der Waals surface area contributed by atoms with Gasteiger partial charge in [0.1, 0.15) is 41.2 Å². The van der Waals surface area contributed by atoms with Gasteiger partial charge >= 0.3 is 12.2 Å². The number of H-pyrrole nitrogens is 1. The largest absolute Gasteiger partial charge is 0.444 e. The Morgan fingerprint density at radius 1 is 0.719 bits per heavy atom. The monoisotopic (exact) mass is 894 g/mol. The highest BCUT2D eigenvalue weighted by Gasteiger charge is 2.55. The molecule has 6 rings (SSSR count). The van der Waals surface area contributed by atoms with E-state index >= 15 is 9.59 Å². The van der Waals surface area contributed by atoms with Crippen LogP contribution < -0.4 is 10.6 Å². The number of nitrogens with one attached hydrogen (secondary N) is 3. The summed E-state index contributed by atoms with van der Waals surface area (Å²) in [6.07, 6.45) is 9.75. The number of ether oxygens (including phenoxy) is 2. The zero-order chi connectivity index (χ0) is 46.8. The molecule has 3 heterocycles. The van der Waals surface area contributed by atoms with Crippen molar-refractivity contribution in [3.63, 3.8) is 0 Å². The zero-order valence-electron chi connectivity index (χ0n) is 39.6. The summed E-state index contributed by atoms with van der Waals surface area (Å²) in [5.74, 6) is -2.46. The van der Waals surface area contributed by atoms with Gasteiger partial charge in [-0.15, -0.1) is 0 Å². The molecule has 3 N–H and O–H groups in total. The molecular formula is C48H72FN7O8. The van der Waals surface area contributed by atoms with Gasteiger partial charge in [-0.3, -0.25) is 29.0 Å². The molecule has 1 unspecified atom stereocenters. The Morgan fingerprint density at radius 2 is 1.19 bits per heavy atom. The zero-order valence-corrected chi connectivity index (χ0v) is 39.6. The van der Waals surface area contributed by atoms with Crippen molar-refractivity contribution in [1.82, 2.24) is 35.2 Å². The van der Waals surface area contributed by atoms with E-state index < -0.39 is 77.3 Å². The van der Waals surface area contributed by atoms with E-state index in [1.54, 1.807) is 61.5 Å². The van der Waals surface area contributed by atoms with Gasteiger partial charge in [0.05, 0.1) is 12.1 Å². The smallest absolute Gasteiger partial charge is 0.410 e. The molecule has 1 aromatic carbocycles. The molecule has 0 bridgehead atoms. The fourth-order valence-electron chi connectivity index (χ4n) is 10.2. The van der Waals surface area contributed by atoms with Crippen LogP contribution in [-0.2, 0) is 28.7 Å². The fraction of sp³-hybridized carbons (Fsp3) is 0.708. The van der Waals surface area contributed by atoms with Crippen LogP contribution in [0.3, 0.4) is 0 Å². The highest BCUT2D eigenvalue weighted by molar-refractivity contribution is 5.94. The number of hydrogen-bond donors (Lipinski definition) is 3. The molecule has 15 nitrogen and oxygen atoms in total. The average molecular weight is 894 g/mol. The van der Waals surface area contributed by atoms with E-state index in [9.17, 15) is 23.6 Å². The first-order valence-electron chi connectivity index (χ1n) is 23.5. The molecule has 354 valence electrons. The third kappa shape index (κ3) is 11.0. The van der Waals surface area contributed by atoms with Crippen LogP contribution in [0.4, 0.5) is 14.0 Å². The van der Waals surface area contributed by atoms with Crippen LogP contribution in [0.5, 0.6) is 0 Å². The van der Waals surface area contributed by atoms with Crippen LogP contribution in [0.25, 0.3) is 10.9 Å². The van der Waals surface area contributed by atoms with Crippen LogP contribution in [0.2, 0.25) is 0 Å². The number of rotatable bonds is 11. The van der Waals surface area contributed by atoms with E-state index in [1.165, 1.54) is 36.0 Å². The first-order valence-corrected chi connectivity index (χ1v) is 23.5. The molecule has 7 atom stereocenters. The summed E-state index contributed by atoms with van der Waals surface area (Å²) >= 11 is 0. The highest BCUT2D eigenvalue weighted by atomic mass is 19.1. The standard InChI is InChI=1S/C48H72FN7O8/c1-28(53(9)45(61)63-47(3,4)5)41(57)51-38(30-17-13-11-14-18-30)43(59)55-24-23-37-40(55)35(34-26-50-36-25-32(49)21-22-33(34)36)27-56(37)44(60)39(31-19-15-12-16-20-31)52-42(58)29(2)54(10)46(62)64-48(6,7)8/h21-22,25-26,28-31,35,37-40,50H,11-20,23-24,27H2,1-10H3,(H,51,57)(H,52,58)/t28-,29-,35+,37+,38-,39?,40+/m0/s1. The van der Waals surface area contributed by atoms with E-state index in [-0.39, 0.29) is 36.1 Å². The molecule has 2 aliphatic carbocycles. The van der Waals surface area contributed by atoms with Crippen molar-refractivity contribution in [2.75, 3.05) is 27.2 Å². The van der Waals surface area contributed by atoms with E-state index in [4.69, 9.17) is 9.47 Å². The van der Waals surface area contributed by atoms with Crippen LogP contribution in [-0.4, -0.2) is 135 Å². The number of benzene rings is 1. The number of likely N-dealkylation sites (N-methyl/N-ethyl adjacent to an activating group) is 2. The molecule has 2 saturated heterocycles. The molecule has 0 radical (unpaired) electrons. The van der Waals surface area contributed by atoms with Gasteiger partial charge in [0.15, 0.2) is 0 Å². The summed E-state index contributed by atoms with van der Waals surface area (Å²) < 4.78 is 25.6. The number of likely N-dealkylation sites (tertiary alicyclic amines) is 2. The van der Waals surface area contributed by atoms with Crippen molar-refractivity contribution in [3.05, 3.63) is 35.8 Å². The summed E-state index contributed by atoms with van der Waals surface area (Å²) in [7, 11) is 3.01. The number of halogens is 1. The SMILES string of the molecule is C[C@@H](C(=O)NC(C(=O)N1C[C@H](c2c[nH]c3cc(F)ccc23)[C@@H]2[C@H]1CCN2C(=O)[C@@H](NC(=O)[C@H](C)N(C)C(=O)OC(C)(C)C)C1CCCCC1)C1CCCCC1)N(C)C(=O)OC(C)(C)C. The number of aromatic nitrogens is 1. The fourth-order valence-corrected chi connectivity index (χ4v) is 10.2. The third-order valence-corrected chi connectivity index (χ3v) is 13.9. The van der Waals surface area contributed by atoms with Crippen LogP contribution >= 0.6 is 0 Å². The Labute approximate surface area is 377 Å². The van der Waals surface area contributed by atoms with Gasteiger partial charge in [0.2, 0.25) is 23.6 Å². The minimum absolute atomic E-state index is 0.136. The topological polar surface area (TPSA) is 174 Å². The molecule has 64 heavy (non-hydrogen) atoms. The molecule has 1 aromatic heterocycles. The van der Waals surface area contributed by atoms with Gasteiger partial charge in [-0.25, -0.2) is 14.0 Å². The van der Waals surface area contributed by atoms with Gasteiger partial charge in [-0.05, 0) is 123 Å². The normalized spacial score (nSPS) is 22.8. The summed E-state index contributed by atoms with van der Waals surface area (Å²) in [4.78, 5) is 94.0. The van der Waals surface area contributed by atoms with Gasteiger partial charge in [-0.1, -0.05) is 38.5 Å². The molecule has 2 aromatic rings. The lowest BCUT2D eigenvalue weighted by Crippen LogP contribution is -2.59. The quantitative estimate of drug-likeness (QED) is 0.220. The van der Waals surface area contributed by atoms with Crippen molar-refractivity contribution in [3.8, 4) is 0 Å². The van der Waals surface area contributed by atoms with E-state index in [0.29, 0.717) is 18.5 Å². The number of amides is 6. The summed E-state index contributed by atoms with van der Waals surface area (Å²) in [6, 6.07) is 0.0265. The lowest BCUT2D eigenvalue weighted by atomic mass is 9.82. The number of carbonyl (C=O) groups is 6. The Bertz CT molecular complexity index is 1950. The highest BCUT2D eigenvalue weighted by Crippen LogP contribution is 2.45. The van der Waals surface area contributed by atoms with E-state index in [2.05, 4.69) is 15.6 Å². The maximum atomic E-state index is 15.3. The second-order valence-electron chi connectivity index (χ2n) is 20.7. The Morgan fingerprint density at radius 3 is 1.66 bits per heavy atom. The van der Waals surface area contributed by atoms with Crippen LogP contribution in [0.15, 0.2) is 24.4 Å². The molecule has 4 aliphatic rings. The molecule has 2 aliphatic heterocycles. The van der Waals surface area contributed by atoms with E-state index in [0.717, 1.165) is 75.2 Å². The Balaban J connectivity index is 1.32. The van der Waals surface area contributed by atoms with E-state index in [1.807, 2.05) is 16.0 Å². The van der Waals surface area contributed by atoms with Gasteiger partial charge in [0.25, 0.3) is 0 Å². The average Bonchev–Trinajstić information content (AvgIpc) is 3.97. The van der Waals surface area contributed by atoms with Crippen molar-refractivity contribution in [1.29, 1.82) is 0 Å². The minimum Gasteiger partial charge on any atom is -0.444 e. The molecule has 2 saturated carbocycles. The second-order valence-corrected chi connectivity index (χ2v) is 20.7. The van der Waals surface area contributed by atoms with Crippen LogP contribution in [0.1, 0.15) is 138 Å². The Kier molecular flexibility index (Phi) is 14.9. The van der Waals surface area contributed by atoms with Gasteiger partial charge < -0.3 is 34.9 Å². The second kappa shape index (κ2) is 19.7. The Hall–Kier alpha value is -4.89. The van der Waals surface area contributed by atoms with Gasteiger partial charge in [-0.2, -0.15) is 0 Å². The molecule has 4 fully saturated rings. The predicted octanol–water partition coefficient (Wildman–Crippen LogP) is 6.84. The lowest BCUT2D eigenvalue weighted by Gasteiger charge is -2.37. The number of nitrogens with zero attached hydrogens (tertiary/aromatic N) is 4. The number of fused-ring (bicyclic) bond motifs is 2. The van der Waals surface area contributed by atoms with Crippen LogP contribution in [0, 0.1) is 17.7 Å². The van der Waals surface area contributed by atoms with Crippen molar-refractivity contribution < 1.29 is 42.6 Å². The first-order chi connectivity index (χ1) is 30.1. The predicted molar refractivity (Wildman–Crippen MR) is 241 cm³/mol. The third-order valence-electron chi connectivity index (χ3n) is 13.9. The molecular weight excluding hydrogens is 822 g/mol. The summed E-state index contributed by atoms with van der Waals surface area (Å²) in [5, 5.41) is 6.97. The molecule has 16 heteroatoms. The molecule has 6 amide bonds. The maximum Gasteiger partial charge on any atom is 0.410 e.